The third-order valence-corrected chi connectivity index (χ3v) is 3.80. The van der Waals surface area contributed by atoms with E-state index in [1.807, 2.05) is 30.0 Å². The van der Waals surface area contributed by atoms with E-state index < -0.39 is 0 Å². The van der Waals surface area contributed by atoms with Crippen LogP contribution in [0.4, 0.5) is 5.69 Å². The summed E-state index contributed by atoms with van der Waals surface area (Å²) in [5.74, 6) is 0.149. The normalized spacial score (nSPS) is 17.8. The van der Waals surface area contributed by atoms with Crippen molar-refractivity contribution in [3.8, 4) is 0 Å². The van der Waals surface area contributed by atoms with Gasteiger partial charge in [-0.1, -0.05) is 37.3 Å². The zero-order chi connectivity index (χ0) is 13.4. The van der Waals surface area contributed by atoms with Gasteiger partial charge in [-0.05, 0) is 16.8 Å². The number of fused-ring (bicyclic) bond motifs is 3. The predicted molar refractivity (Wildman–Crippen MR) is 76.3 cm³/mol. The van der Waals surface area contributed by atoms with Gasteiger partial charge in [0, 0.05) is 19.1 Å². The summed E-state index contributed by atoms with van der Waals surface area (Å²) in [6, 6.07) is 12.3. The van der Waals surface area contributed by atoms with Gasteiger partial charge in [-0.25, -0.2) is 0 Å². The first kappa shape index (κ1) is 12.2. The maximum atomic E-state index is 12.0. The van der Waals surface area contributed by atoms with E-state index in [2.05, 4.69) is 18.2 Å². The molecule has 0 radical (unpaired) electrons. The highest BCUT2D eigenvalue weighted by molar-refractivity contribution is 6.01. The van der Waals surface area contributed by atoms with Gasteiger partial charge in [0.1, 0.15) is 6.10 Å². The molecule has 3 rings (SSSR count). The molecule has 0 N–H and O–H groups in total. The van der Waals surface area contributed by atoms with Gasteiger partial charge in [0.25, 0.3) is 0 Å². The molecule has 1 unspecified atom stereocenters. The van der Waals surface area contributed by atoms with E-state index in [4.69, 9.17) is 4.74 Å². The summed E-state index contributed by atoms with van der Waals surface area (Å²) in [5.41, 5.74) is 2.14. The topological polar surface area (TPSA) is 29.5 Å². The van der Waals surface area contributed by atoms with Crippen LogP contribution in [0.2, 0.25) is 0 Å². The molecule has 2 aromatic carbocycles. The molecule has 3 heteroatoms. The van der Waals surface area contributed by atoms with Crippen LogP contribution >= 0.6 is 0 Å². The van der Waals surface area contributed by atoms with Crippen molar-refractivity contribution in [3.05, 3.63) is 42.0 Å². The Hall–Kier alpha value is -1.87. The van der Waals surface area contributed by atoms with E-state index in [9.17, 15) is 4.79 Å². The van der Waals surface area contributed by atoms with Crippen molar-refractivity contribution in [1.29, 1.82) is 0 Å². The molecule has 0 saturated carbocycles. The molecule has 3 nitrogen and oxygen atoms in total. The third kappa shape index (κ3) is 1.81. The van der Waals surface area contributed by atoms with Gasteiger partial charge in [0.05, 0.1) is 12.2 Å². The van der Waals surface area contributed by atoms with Gasteiger partial charge in [-0.3, -0.25) is 4.79 Å². The molecule has 1 aliphatic heterocycles. The molecule has 0 saturated heterocycles. The van der Waals surface area contributed by atoms with E-state index in [1.165, 1.54) is 10.8 Å². The van der Waals surface area contributed by atoms with Crippen molar-refractivity contribution in [1.82, 2.24) is 0 Å². The second-order valence-electron chi connectivity index (χ2n) is 4.80. The maximum absolute atomic E-state index is 12.0. The molecule has 0 spiro atoms. The summed E-state index contributed by atoms with van der Waals surface area (Å²) >= 11 is 0. The predicted octanol–water partition coefficient (Wildman–Crippen LogP) is 3.28. The van der Waals surface area contributed by atoms with Crippen molar-refractivity contribution in [2.45, 2.75) is 19.4 Å². The maximum Gasteiger partial charge on any atom is 0.226 e. The van der Waals surface area contributed by atoms with Crippen molar-refractivity contribution < 1.29 is 9.53 Å². The Labute approximate surface area is 112 Å². The van der Waals surface area contributed by atoms with Crippen LogP contribution in [0.1, 0.15) is 25.0 Å². The Morgan fingerprint density at radius 2 is 2.11 bits per heavy atom. The lowest BCUT2D eigenvalue weighted by molar-refractivity contribution is -0.118. The summed E-state index contributed by atoms with van der Waals surface area (Å²) < 4.78 is 5.58. The number of hydrogen-bond donors (Lipinski definition) is 0. The van der Waals surface area contributed by atoms with Gasteiger partial charge in [0.2, 0.25) is 5.91 Å². The van der Waals surface area contributed by atoms with Crippen LogP contribution in [0.25, 0.3) is 10.8 Å². The molecular weight excluding hydrogens is 238 g/mol. The molecule has 1 atom stereocenters. The number of methoxy groups -OCH3 is 1. The molecule has 0 aliphatic carbocycles. The number of ether oxygens (including phenoxy) is 1. The lowest BCUT2D eigenvalue weighted by atomic mass is 10.0. The third-order valence-electron chi connectivity index (χ3n) is 3.80. The second kappa shape index (κ2) is 4.67. The molecular formula is C16H17NO2. The second-order valence-corrected chi connectivity index (χ2v) is 4.80. The first-order valence-corrected chi connectivity index (χ1v) is 6.61. The van der Waals surface area contributed by atoms with Gasteiger partial charge < -0.3 is 9.64 Å². The molecule has 1 aliphatic rings. The molecule has 0 aromatic heterocycles. The number of rotatable bonds is 2. The van der Waals surface area contributed by atoms with Crippen LogP contribution < -0.4 is 4.90 Å². The molecule has 0 bridgehead atoms. The van der Waals surface area contributed by atoms with Crippen LogP contribution in [0.15, 0.2) is 36.4 Å². The van der Waals surface area contributed by atoms with Crippen molar-refractivity contribution in [2.75, 3.05) is 18.6 Å². The fourth-order valence-corrected chi connectivity index (χ4v) is 2.83. The van der Waals surface area contributed by atoms with Crippen LogP contribution in [0.5, 0.6) is 0 Å². The largest absolute Gasteiger partial charge is 0.375 e. The zero-order valence-electron chi connectivity index (χ0n) is 11.2. The Morgan fingerprint density at radius 3 is 2.84 bits per heavy atom. The minimum absolute atomic E-state index is 0.0309. The Balaban J connectivity index is 2.22. The first-order valence-electron chi connectivity index (χ1n) is 6.61. The number of anilines is 1. The van der Waals surface area contributed by atoms with Crippen LogP contribution in [0, 0.1) is 0 Å². The Bertz CT molecular complexity index is 636. The van der Waals surface area contributed by atoms with E-state index in [1.54, 1.807) is 7.11 Å². The van der Waals surface area contributed by atoms with E-state index >= 15 is 0 Å². The van der Waals surface area contributed by atoms with E-state index in [0.29, 0.717) is 13.0 Å². The molecule has 1 heterocycles. The van der Waals surface area contributed by atoms with Crippen molar-refractivity contribution in [3.63, 3.8) is 0 Å². The summed E-state index contributed by atoms with van der Waals surface area (Å²) in [7, 11) is 1.70. The average molecular weight is 255 g/mol. The summed E-state index contributed by atoms with van der Waals surface area (Å²) in [6.45, 7) is 2.51. The minimum atomic E-state index is -0.0309. The van der Waals surface area contributed by atoms with E-state index in [-0.39, 0.29) is 12.0 Å². The average Bonchev–Trinajstić information content (AvgIpc) is 2.85. The van der Waals surface area contributed by atoms with Gasteiger partial charge >= 0.3 is 0 Å². The SMILES string of the molecule is CCC(=O)N1CC(OC)c2c1ccc1ccccc21. The molecule has 2 aromatic rings. The fraction of sp³-hybridized carbons (Fsp3) is 0.312. The zero-order valence-corrected chi connectivity index (χ0v) is 11.2. The number of carbonyl (C=O) groups is 1. The standard InChI is InChI=1S/C16H17NO2/c1-3-15(18)17-10-14(19-2)16-12-7-5-4-6-11(12)8-9-13(16)17/h4-9,14H,3,10H2,1-2H3. The van der Waals surface area contributed by atoms with Crippen molar-refractivity contribution >= 4 is 22.4 Å². The van der Waals surface area contributed by atoms with Crippen LogP contribution in [0.3, 0.4) is 0 Å². The summed E-state index contributed by atoms with van der Waals surface area (Å²) in [5, 5.41) is 2.37. The first-order chi connectivity index (χ1) is 9.26. The highest BCUT2D eigenvalue weighted by Crippen LogP contribution is 2.41. The number of amides is 1. The molecule has 19 heavy (non-hydrogen) atoms. The number of nitrogens with zero attached hydrogens (tertiary/aromatic N) is 1. The minimum Gasteiger partial charge on any atom is -0.375 e. The van der Waals surface area contributed by atoms with E-state index in [0.717, 1.165) is 11.3 Å². The summed E-state index contributed by atoms with van der Waals surface area (Å²) in [4.78, 5) is 13.9. The van der Waals surface area contributed by atoms with Gasteiger partial charge in [-0.2, -0.15) is 0 Å². The molecule has 1 amide bonds. The highest BCUT2D eigenvalue weighted by Gasteiger charge is 2.32. The Kier molecular flexibility index (Phi) is 2.99. The van der Waals surface area contributed by atoms with Crippen LogP contribution in [-0.4, -0.2) is 19.6 Å². The molecule has 98 valence electrons. The number of hydrogen-bond acceptors (Lipinski definition) is 2. The Morgan fingerprint density at radius 1 is 1.32 bits per heavy atom. The summed E-state index contributed by atoms with van der Waals surface area (Å²) in [6.07, 6.45) is 0.486. The van der Waals surface area contributed by atoms with Crippen LogP contribution in [-0.2, 0) is 9.53 Å². The number of carbonyl (C=O) groups excluding carboxylic acids is 1. The monoisotopic (exact) mass is 255 g/mol. The lowest BCUT2D eigenvalue weighted by Crippen LogP contribution is -2.29. The lowest BCUT2D eigenvalue weighted by Gasteiger charge is -2.16. The molecule has 0 fully saturated rings. The van der Waals surface area contributed by atoms with Gasteiger partial charge in [-0.15, -0.1) is 0 Å². The smallest absolute Gasteiger partial charge is 0.226 e. The number of benzene rings is 2. The highest BCUT2D eigenvalue weighted by atomic mass is 16.5. The fourth-order valence-electron chi connectivity index (χ4n) is 2.83. The van der Waals surface area contributed by atoms with Gasteiger partial charge in [0.15, 0.2) is 0 Å². The van der Waals surface area contributed by atoms with Crippen molar-refractivity contribution in [2.24, 2.45) is 0 Å². The quantitative estimate of drug-likeness (QED) is 0.824.